The standard InChI is InChI=1S/C25H22Br2N2O4/c1-2-31-21-11-15(10-18(27)24(21)32-13-14-6-8-16(26)9-7-14)22-17(12-28)25(29)33-20-5-3-4-19(30)23(20)22/h6-11,22H,2-5,13,29H2,1H3/t22-/m1/s1. The number of halogens is 2. The first-order chi connectivity index (χ1) is 15.9. The van der Waals surface area contributed by atoms with Crippen molar-refractivity contribution in [2.75, 3.05) is 6.61 Å². The molecule has 0 fully saturated rings. The number of carbonyl (C=O) groups is 1. The molecule has 1 aliphatic carbocycles. The molecule has 2 aromatic carbocycles. The molecule has 6 nitrogen and oxygen atoms in total. The van der Waals surface area contributed by atoms with Crippen molar-refractivity contribution in [3.05, 3.63) is 79.3 Å². The smallest absolute Gasteiger partial charge is 0.205 e. The summed E-state index contributed by atoms with van der Waals surface area (Å²) in [4.78, 5) is 12.8. The van der Waals surface area contributed by atoms with Gasteiger partial charge in [-0.25, -0.2) is 0 Å². The maximum absolute atomic E-state index is 12.8. The van der Waals surface area contributed by atoms with E-state index in [-0.39, 0.29) is 17.2 Å². The van der Waals surface area contributed by atoms with E-state index in [9.17, 15) is 10.1 Å². The van der Waals surface area contributed by atoms with Crippen LogP contribution in [0.4, 0.5) is 0 Å². The van der Waals surface area contributed by atoms with Crippen LogP contribution in [0.3, 0.4) is 0 Å². The summed E-state index contributed by atoms with van der Waals surface area (Å²) in [6, 6.07) is 13.7. The number of nitrogens with two attached hydrogens (primary N) is 1. The molecule has 0 saturated heterocycles. The molecular weight excluding hydrogens is 552 g/mol. The normalized spacial score (nSPS) is 17.9. The van der Waals surface area contributed by atoms with E-state index >= 15 is 0 Å². The second-order valence-electron chi connectivity index (χ2n) is 7.72. The summed E-state index contributed by atoms with van der Waals surface area (Å²) in [6.45, 7) is 2.67. The highest BCUT2D eigenvalue weighted by atomic mass is 79.9. The number of hydrogen-bond donors (Lipinski definition) is 1. The molecule has 0 amide bonds. The molecule has 170 valence electrons. The Morgan fingerprint density at radius 1 is 1.18 bits per heavy atom. The van der Waals surface area contributed by atoms with Gasteiger partial charge in [0, 0.05) is 22.9 Å². The van der Waals surface area contributed by atoms with E-state index in [4.69, 9.17) is 19.9 Å². The fraction of sp³-hybridized carbons (Fsp3) is 0.280. The number of hydrogen-bond acceptors (Lipinski definition) is 6. The van der Waals surface area contributed by atoms with E-state index in [1.807, 2.05) is 43.3 Å². The van der Waals surface area contributed by atoms with Crippen LogP contribution in [0.2, 0.25) is 0 Å². The van der Waals surface area contributed by atoms with Crippen molar-refractivity contribution in [1.29, 1.82) is 5.26 Å². The van der Waals surface area contributed by atoms with Gasteiger partial charge in [0.15, 0.2) is 17.3 Å². The molecule has 2 N–H and O–H groups in total. The zero-order valence-corrected chi connectivity index (χ0v) is 21.2. The number of Topliss-reactive ketones (excluding diaryl/α,β-unsaturated/α-hetero) is 1. The Balaban J connectivity index is 1.75. The van der Waals surface area contributed by atoms with Crippen molar-refractivity contribution in [3.8, 4) is 17.6 Å². The number of nitriles is 1. The van der Waals surface area contributed by atoms with Crippen LogP contribution in [0.1, 0.15) is 43.2 Å². The minimum atomic E-state index is -0.609. The summed E-state index contributed by atoms with van der Waals surface area (Å²) in [7, 11) is 0. The lowest BCUT2D eigenvalue weighted by Crippen LogP contribution is -2.27. The molecule has 1 heterocycles. The molecule has 0 radical (unpaired) electrons. The molecule has 33 heavy (non-hydrogen) atoms. The zero-order chi connectivity index (χ0) is 23.5. The summed E-state index contributed by atoms with van der Waals surface area (Å²) in [5.74, 6) is 1.04. The Kier molecular flexibility index (Phi) is 7.11. The first kappa shape index (κ1) is 23.4. The van der Waals surface area contributed by atoms with Gasteiger partial charge in [-0.2, -0.15) is 5.26 Å². The maximum atomic E-state index is 12.8. The highest BCUT2D eigenvalue weighted by Gasteiger charge is 2.38. The van der Waals surface area contributed by atoms with Gasteiger partial charge in [0.05, 0.1) is 17.0 Å². The van der Waals surface area contributed by atoms with Gasteiger partial charge in [-0.05, 0) is 64.7 Å². The molecule has 0 aromatic heterocycles. The Morgan fingerprint density at radius 3 is 2.64 bits per heavy atom. The second-order valence-corrected chi connectivity index (χ2v) is 9.49. The summed E-state index contributed by atoms with van der Waals surface area (Å²) in [5, 5.41) is 9.82. The number of carbonyl (C=O) groups excluding carboxylic acids is 1. The molecule has 0 saturated carbocycles. The monoisotopic (exact) mass is 572 g/mol. The summed E-state index contributed by atoms with van der Waals surface area (Å²) in [6.07, 6.45) is 1.74. The quantitative estimate of drug-likeness (QED) is 0.455. The predicted octanol–water partition coefficient (Wildman–Crippen LogP) is 6.00. The van der Waals surface area contributed by atoms with Crippen molar-refractivity contribution < 1.29 is 19.0 Å². The highest BCUT2D eigenvalue weighted by molar-refractivity contribution is 9.10. The molecule has 1 atom stereocenters. The highest BCUT2D eigenvalue weighted by Crippen LogP contribution is 2.47. The molecule has 1 aliphatic heterocycles. The van der Waals surface area contributed by atoms with Crippen molar-refractivity contribution in [1.82, 2.24) is 0 Å². The van der Waals surface area contributed by atoms with Gasteiger partial charge in [-0.1, -0.05) is 28.1 Å². The van der Waals surface area contributed by atoms with E-state index in [1.165, 1.54) is 0 Å². The molecule has 0 spiro atoms. The first-order valence-corrected chi connectivity index (χ1v) is 12.2. The van der Waals surface area contributed by atoms with Crippen LogP contribution in [0.25, 0.3) is 0 Å². The number of rotatable bonds is 6. The van der Waals surface area contributed by atoms with Crippen molar-refractivity contribution >= 4 is 37.6 Å². The van der Waals surface area contributed by atoms with E-state index in [2.05, 4.69) is 37.9 Å². The SMILES string of the molecule is CCOc1cc([C@@H]2C(C#N)=C(N)OC3=C2C(=O)CCC3)cc(Br)c1OCc1ccc(Br)cc1. The molecule has 2 aliphatic rings. The van der Waals surface area contributed by atoms with E-state index < -0.39 is 5.92 Å². The largest absolute Gasteiger partial charge is 0.490 e. The zero-order valence-electron chi connectivity index (χ0n) is 18.0. The van der Waals surface area contributed by atoms with Crippen molar-refractivity contribution in [2.24, 2.45) is 5.73 Å². The number of ether oxygens (including phenoxy) is 3. The molecule has 0 bridgehead atoms. The van der Waals surface area contributed by atoms with Crippen LogP contribution in [-0.2, 0) is 16.1 Å². The lowest BCUT2D eigenvalue weighted by molar-refractivity contribution is -0.116. The number of allylic oxidation sites excluding steroid dienone is 3. The van der Waals surface area contributed by atoms with Gasteiger partial charge in [-0.3, -0.25) is 4.79 Å². The number of ketones is 1. The second kappa shape index (κ2) is 10.0. The fourth-order valence-corrected chi connectivity index (χ4v) is 4.92. The van der Waals surface area contributed by atoms with Crippen molar-refractivity contribution in [2.45, 2.75) is 38.7 Å². The molecule has 2 aromatic rings. The molecule has 0 unspecified atom stereocenters. The Bertz CT molecular complexity index is 1200. The maximum Gasteiger partial charge on any atom is 0.205 e. The summed E-state index contributed by atoms with van der Waals surface area (Å²) < 4.78 is 19.3. The van der Waals surface area contributed by atoms with Gasteiger partial charge in [0.25, 0.3) is 0 Å². The third kappa shape index (κ3) is 4.80. The van der Waals surface area contributed by atoms with Crippen LogP contribution in [0.15, 0.2) is 68.1 Å². The molecular formula is C25H22Br2N2O4. The van der Waals surface area contributed by atoms with Crippen LogP contribution >= 0.6 is 31.9 Å². The molecule has 4 rings (SSSR count). The summed E-state index contributed by atoms with van der Waals surface area (Å²) in [5.41, 5.74) is 8.52. The average Bonchev–Trinajstić information content (AvgIpc) is 2.79. The Hall–Kier alpha value is -2.76. The Morgan fingerprint density at radius 2 is 1.94 bits per heavy atom. The van der Waals surface area contributed by atoms with Gasteiger partial charge >= 0.3 is 0 Å². The van der Waals surface area contributed by atoms with E-state index in [0.29, 0.717) is 65.3 Å². The summed E-state index contributed by atoms with van der Waals surface area (Å²) >= 11 is 7.04. The first-order valence-electron chi connectivity index (χ1n) is 10.6. The van der Waals surface area contributed by atoms with Crippen LogP contribution in [0, 0.1) is 11.3 Å². The fourth-order valence-electron chi connectivity index (χ4n) is 4.08. The number of nitrogens with zero attached hydrogens (tertiary/aromatic N) is 1. The van der Waals surface area contributed by atoms with Crippen LogP contribution < -0.4 is 15.2 Å². The van der Waals surface area contributed by atoms with Crippen molar-refractivity contribution in [3.63, 3.8) is 0 Å². The average molecular weight is 574 g/mol. The van der Waals surface area contributed by atoms with Gasteiger partial charge in [-0.15, -0.1) is 0 Å². The minimum Gasteiger partial charge on any atom is -0.490 e. The van der Waals surface area contributed by atoms with Gasteiger partial charge in [0.1, 0.15) is 24.0 Å². The third-order valence-electron chi connectivity index (χ3n) is 5.57. The topological polar surface area (TPSA) is 94.6 Å². The Labute approximate surface area is 209 Å². The third-order valence-corrected chi connectivity index (χ3v) is 6.68. The van der Waals surface area contributed by atoms with E-state index in [1.54, 1.807) is 0 Å². The lowest BCUT2D eigenvalue weighted by Gasteiger charge is -2.31. The van der Waals surface area contributed by atoms with Gasteiger partial charge in [0.2, 0.25) is 5.88 Å². The van der Waals surface area contributed by atoms with Gasteiger partial charge < -0.3 is 19.9 Å². The molecule has 8 heteroatoms. The van der Waals surface area contributed by atoms with Crippen LogP contribution in [0.5, 0.6) is 11.5 Å². The van der Waals surface area contributed by atoms with E-state index in [0.717, 1.165) is 10.0 Å². The minimum absolute atomic E-state index is 0.0221. The predicted molar refractivity (Wildman–Crippen MR) is 130 cm³/mol. The van der Waals surface area contributed by atoms with Crippen LogP contribution in [-0.4, -0.2) is 12.4 Å². The number of benzene rings is 2. The lowest BCUT2D eigenvalue weighted by atomic mass is 9.77.